The maximum atomic E-state index is 12.6. The molecule has 1 atom stereocenters. The van der Waals surface area contributed by atoms with Gasteiger partial charge in [-0.05, 0) is 30.7 Å². The second kappa shape index (κ2) is 9.25. The first kappa shape index (κ1) is 21.3. The number of rotatable bonds is 8. The summed E-state index contributed by atoms with van der Waals surface area (Å²) in [4.78, 5) is 24.2. The first-order chi connectivity index (χ1) is 13.2. The average molecular weight is 399 g/mol. The lowest BCUT2D eigenvalue weighted by Gasteiger charge is -2.19. The minimum atomic E-state index is -4.59. The minimum Gasteiger partial charge on any atom is -0.497 e. The van der Waals surface area contributed by atoms with Crippen LogP contribution in [-0.2, 0) is 27.0 Å². The number of ether oxygens (including phenoxy) is 2. The van der Waals surface area contributed by atoms with Crippen molar-refractivity contribution < 1.29 is 32.2 Å². The molecule has 0 spiro atoms. The molecule has 7 nitrogen and oxygen atoms in total. The first-order valence-electron chi connectivity index (χ1n) is 8.42. The predicted molar refractivity (Wildman–Crippen MR) is 92.4 cm³/mol. The number of amides is 1. The summed E-state index contributed by atoms with van der Waals surface area (Å²) in [6.07, 6.45) is -3.66. The largest absolute Gasteiger partial charge is 0.497 e. The Balaban J connectivity index is 2.13. The van der Waals surface area contributed by atoms with Crippen LogP contribution >= 0.6 is 0 Å². The Hall–Kier alpha value is -3.04. The Morgan fingerprint density at radius 3 is 2.64 bits per heavy atom. The molecule has 0 aliphatic heterocycles. The number of benzene rings is 1. The number of nitrogens with zero attached hydrogens (tertiary/aromatic N) is 2. The molecular formula is C18H20F3N3O4. The van der Waals surface area contributed by atoms with Gasteiger partial charge in [0.05, 0.1) is 26.2 Å². The number of hydrogen-bond donors (Lipinski definition) is 1. The van der Waals surface area contributed by atoms with Gasteiger partial charge in [0.1, 0.15) is 12.3 Å². The summed E-state index contributed by atoms with van der Waals surface area (Å²) in [5, 5.41) is 5.97. The molecule has 0 saturated heterocycles. The number of hydrogen-bond acceptors (Lipinski definition) is 5. The van der Waals surface area contributed by atoms with Gasteiger partial charge in [0, 0.05) is 6.20 Å². The fourth-order valence-electron chi connectivity index (χ4n) is 2.49. The van der Waals surface area contributed by atoms with Crippen LogP contribution < -0.4 is 10.1 Å². The highest BCUT2D eigenvalue weighted by atomic mass is 19.4. The lowest BCUT2D eigenvalue weighted by molar-refractivity contribution is -0.144. The van der Waals surface area contributed by atoms with Crippen LogP contribution in [0.25, 0.3) is 0 Å². The van der Waals surface area contributed by atoms with Crippen LogP contribution in [0.5, 0.6) is 5.75 Å². The van der Waals surface area contributed by atoms with Crippen molar-refractivity contribution in [2.24, 2.45) is 0 Å². The third-order valence-corrected chi connectivity index (χ3v) is 3.74. The summed E-state index contributed by atoms with van der Waals surface area (Å²) < 4.78 is 48.8. The molecule has 2 rings (SSSR count). The second-order valence-electron chi connectivity index (χ2n) is 5.80. The van der Waals surface area contributed by atoms with Gasteiger partial charge in [-0.2, -0.15) is 18.3 Å². The van der Waals surface area contributed by atoms with E-state index in [1.165, 1.54) is 7.11 Å². The summed E-state index contributed by atoms with van der Waals surface area (Å²) >= 11 is 0. The fraction of sp³-hybridized carbons (Fsp3) is 0.389. The molecule has 152 valence electrons. The van der Waals surface area contributed by atoms with Gasteiger partial charge in [0.2, 0.25) is 5.91 Å². The molecule has 0 aliphatic carbocycles. The van der Waals surface area contributed by atoms with E-state index in [1.807, 2.05) is 0 Å². The van der Waals surface area contributed by atoms with E-state index in [2.05, 4.69) is 10.4 Å². The zero-order chi connectivity index (χ0) is 20.7. The zero-order valence-electron chi connectivity index (χ0n) is 15.3. The van der Waals surface area contributed by atoms with Crippen molar-refractivity contribution in [3.05, 3.63) is 47.8 Å². The molecule has 1 aromatic carbocycles. The second-order valence-corrected chi connectivity index (χ2v) is 5.80. The van der Waals surface area contributed by atoms with E-state index in [4.69, 9.17) is 9.47 Å². The number of aromatic nitrogens is 2. The van der Waals surface area contributed by atoms with Gasteiger partial charge in [-0.3, -0.25) is 14.3 Å². The van der Waals surface area contributed by atoms with Crippen molar-refractivity contribution in [1.82, 2.24) is 15.1 Å². The maximum absolute atomic E-state index is 12.6. The predicted octanol–water partition coefficient (Wildman–Crippen LogP) is 2.72. The number of carbonyl (C=O) groups is 2. The fourth-order valence-corrected chi connectivity index (χ4v) is 2.49. The third kappa shape index (κ3) is 6.00. The molecule has 0 fully saturated rings. The van der Waals surface area contributed by atoms with Crippen LogP contribution in [0.4, 0.5) is 13.2 Å². The van der Waals surface area contributed by atoms with E-state index >= 15 is 0 Å². The molecule has 1 unspecified atom stereocenters. The van der Waals surface area contributed by atoms with Gasteiger partial charge in [-0.15, -0.1) is 0 Å². The quantitative estimate of drug-likeness (QED) is 0.691. The van der Waals surface area contributed by atoms with Crippen LogP contribution in [0.1, 0.15) is 30.6 Å². The highest BCUT2D eigenvalue weighted by Gasteiger charge is 2.33. The third-order valence-electron chi connectivity index (χ3n) is 3.74. The Kier molecular flexibility index (Phi) is 7.02. The van der Waals surface area contributed by atoms with Crippen LogP contribution in [0, 0.1) is 0 Å². The van der Waals surface area contributed by atoms with Gasteiger partial charge >= 0.3 is 12.1 Å². The lowest BCUT2D eigenvalue weighted by atomic mass is 10.0. The minimum absolute atomic E-state index is 0.139. The first-order valence-corrected chi connectivity index (χ1v) is 8.42. The van der Waals surface area contributed by atoms with Crippen molar-refractivity contribution in [1.29, 1.82) is 0 Å². The summed E-state index contributed by atoms with van der Waals surface area (Å²) in [7, 11) is 1.48. The van der Waals surface area contributed by atoms with E-state index in [9.17, 15) is 22.8 Å². The van der Waals surface area contributed by atoms with Crippen LogP contribution in [-0.4, -0.2) is 35.4 Å². The molecule has 1 amide bonds. The zero-order valence-corrected chi connectivity index (χ0v) is 15.3. The topological polar surface area (TPSA) is 82.5 Å². The molecule has 0 bridgehead atoms. The number of esters is 1. The van der Waals surface area contributed by atoms with Crippen LogP contribution in [0.15, 0.2) is 36.5 Å². The van der Waals surface area contributed by atoms with E-state index in [1.54, 1.807) is 31.2 Å². The molecule has 1 N–H and O–H groups in total. The van der Waals surface area contributed by atoms with Crippen molar-refractivity contribution in [2.75, 3.05) is 13.7 Å². The van der Waals surface area contributed by atoms with Crippen molar-refractivity contribution in [2.45, 2.75) is 32.1 Å². The Labute approximate surface area is 159 Å². The van der Waals surface area contributed by atoms with Crippen molar-refractivity contribution in [3.63, 3.8) is 0 Å². The highest BCUT2D eigenvalue weighted by Crippen LogP contribution is 2.27. The molecule has 0 aliphatic rings. The van der Waals surface area contributed by atoms with Gasteiger partial charge < -0.3 is 14.8 Å². The molecular weight excluding hydrogens is 379 g/mol. The summed E-state index contributed by atoms with van der Waals surface area (Å²) in [5.74, 6) is -0.592. The van der Waals surface area contributed by atoms with E-state index in [0.29, 0.717) is 11.3 Å². The van der Waals surface area contributed by atoms with Crippen LogP contribution in [0.3, 0.4) is 0 Å². The van der Waals surface area contributed by atoms with Crippen molar-refractivity contribution >= 4 is 11.9 Å². The normalized spacial score (nSPS) is 12.3. The molecule has 1 heterocycles. The standard InChI is InChI=1S/C18H20F3N3O4/c1-3-28-17(26)10-14(12-5-4-6-13(9-12)27-2)22-16(25)11-24-8-7-15(23-24)18(19,20)21/h4-9,14H,3,10-11H2,1-2H3,(H,22,25). The summed E-state index contributed by atoms with van der Waals surface area (Å²) in [6.45, 7) is 1.41. The molecule has 2 aromatic rings. The molecule has 28 heavy (non-hydrogen) atoms. The maximum Gasteiger partial charge on any atom is 0.435 e. The SMILES string of the molecule is CCOC(=O)CC(NC(=O)Cn1ccc(C(F)(F)F)n1)c1cccc(OC)c1. The number of nitrogens with one attached hydrogen (secondary N) is 1. The number of methoxy groups -OCH3 is 1. The number of halogens is 3. The molecule has 1 aromatic heterocycles. The van der Waals surface area contributed by atoms with E-state index in [0.717, 1.165) is 16.9 Å². The Morgan fingerprint density at radius 1 is 1.29 bits per heavy atom. The molecule has 0 saturated carbocycles. The summed E-state index contributed by atoms with van der Waals surface area (Å²) in [5.41, 5.74) is -0.492. The van der Waals surface area contributed by atoms with E-state index < -0.39 is 36.3 Å². The average Bonchev–Trinajstić information content (AvgIpc) is 3.10. The lowest BCUT2D eigenvalue weighted by Crippen LogP contribution is -2.33. The number of carbonyl (C=O) groups excluding carboxylic acids is 2. The smallest absolute Gasteiger partial charge is 0.435 e. The van der Waals surface area contributed by atoms with Gasteiger partial charge in [0.15, 0.2) is 5.69 Å². The Morgan fingerprint density at radius 2 is 2.04 bits per heavy atom. The highest BCUT2D eigenvalue weighted by molar-refractivity contribution is 5.78. The summed E-state index contributed by atoms with van der Waals surface area (Å²) in [6, 6.07) is 6.80. The van der Waals surface area contributed by atoms with E-state index in [-0.39, 0.29) is 13.0 Å². The van der Waals surface area contributed by atoms with Gasteiger partial charge in [-0.25, -0.2) is 0 Å². The monoisotopic (exact) mass is 399 g/mol. The van der Waals surface area contributed by atoms with Crippen molar-refractivity contribution in [3.8, 4) is 5.75 Å². The van der Waals surface area contributed by atoms with Crippen LogP contribution in [0.2, 0.25) is 0 Å². The molecule has 10 heteroatoms. The van der Waals surface area contributed by atoms with Gasteiger partial charge in [-0.1, -0.05) is 12.1 Å². The molecule has 0 radical (unpaired) electrons. The Bertz CT molecular complexity index is 820. The van der Waals surface area contributed by atoms with Gasteiger partial charge in [0.25, 0.3) is 0 Å². The number of alkyl halides is 3.